The Bertz CT molecular complexity index is 630. The topological polar surface area (TPSA) is 57.6 Å². The molecule has 1 aliphatic rings. The first kappa shape index (κ1) is 15.8. The van der Waals surface area contributed by atoms with E-state index in [1.807, 2.05) is 22.6 Å². The summed E-state index contributed by atoms with van der Waals surface area (Å²) in [5.41, 5.74) is 0.512. The third kappa shape index (κ3) is 3.04. The monoisotopic (exact) mass is 467 g/mol. The van der Waals surface area contributed by atoms with Crippen LogP contribution >= 0.6 is 50.3 Å². The Hall–Kier alpha value is -0.540. The van der Waals surface area contributed by atoms with Gasteiger partial charge in [0.25, 0.3) is 11.1 Å². The standard InChI is InChI=1S/C13H11BrINO3S/c1-6(2)16-12(18)10(20-13(16)19)4-7-3-8(14)5-9(15)11(7)17/h3-6,17H,1-2H3/b10-4+. The Morgan fingerprint density at radius 2 is 2.05 bits per heavy atom. The largest absolute Gasteiger partial charge is 0.506 e. The lowest BCUT2D eigenvalue weighted by atomic mass is 10.2. The number of nitrogens with zero attached hydrogens (tertiary/aromatic N) is 1. The molecular formula is C13H11BrINO3S. The van der Waals surface area contributed by atoms with Gasteiger partial charge in [0, 0.05) is 16.1 Å². The summed E-state index contributed by atoms with van der Waals surface area (Å²) < 4.78 is 1.47. The minimum absolute atomic E-state index is 0.102. The van der Waals surface area contributed by atoms with Crippen LogP contribution in [0.2, 0.25) is 0 Å². The van der Waals surface area contributed by atoms with E-state index >= 15 is 0 Å². The quantitative estimate of drug-likeness (QED) is 0.523. The van der Waals surface area contributed by atoms with Gasteiger partial charge < -0.3 is 5.11 Å². The van der Waals surface area contributed by atoms with E-state index in [9.17, 15) is 14.7 Å². The maximum absolute atomic E-state index is 12.2. The summed E-state index contributed by atoms with van der Waals surface area (Å²) in [4.78, 5) is 25.5. The zero-order valence-electron chi connectivity index (χ0n) is 10.7. The number of imide groups is 1. The average molecular weight is 468 g/mol. The van der Waals surface area contributed by atoms with Crippen molar-refractivity contribution in [3.05, 3.63) is 30.6 Å². The van der Waals surface area contributed by atoms with Crippen molar-refractivity contribution in [2.24, 2.45) is 0 Å². The maximum Gasteiger partial charge on any atom is 0.293 e. The van der Waals surface area contributed by atoms with Crippen molar-refractivity contribution in [2.45, 2.75) is 19.9 Å². The van der Waals surface area contributed by atoms with Crippen LogP contribution in [-0.4, -0.2) is 27.2 Å². The van der Waals surface area contributed by atoms with Gasteiger partial charge in [-0.2, -0.15) is 0 Å². The van der Waals surface area contributed by atoms with E-state index in [0.717, 1.165) is 16.2 Å². The first-order chi connectivity index (χ1) is 9.31. The molecule has 0 aromatic heterocycles. The van der Waals surface area contributed by atoms with Crippen molar-refractivity contribution in [3.8, 4) is 5.75 Å². The summed E-state index contributed by atoms with van der Waals surface area (Å²) >= 11 is 6.25. The van der Waals surface area contributed by atoms with Gasteiger partial charge in [0.15, 0.2) is 0 Å². The van der Waals surface area contributed by atoms with Crippen LogP contribution in [0.25, 0.3) is 6.08 Å². The highest BCUT2D eigenvalue weighted by atomic mass is 127. The summed E-state index contributed by atoms with van der Waals surface area (Å²) in [6.07, 6.45) is 1.55. The van der Waals surface area contributed by atoms with Crippen LogP contribution in [0.3, 0.4) is 0 Å². The highest BCUT2D eigenvalue weighted by molar-refractivity contribution is 14.1. The zero-order valence-corrected chi connectivity index (χ0v) is 15.2. The molecule has 4 nitrogen and oxygen atoms in total. The van der Waals surface area contributed by atoms with Crippen LogP contribution in [0.5, 0.6) is 5.75 Å². The van der Waals surface area contributed by atoms with Crippen LogP contribution < -0.4 is 0 Å². The second kappa shape index (κ2) is 6.07. The lowest BCUT2D eigenvalue weighted by Gasteiger charge is -2.16. The summed E-state index contributed by atoms with van der Waals surface area (Å²) in [6.45, 7) is 3.58. The smallest absolute Gasteiger partial charge is 0.293 e. The number of amides is 2. The number of phenolic OH excluding ortho intramolecular Hbond substituents is 1. The number of hydrogen-bond acceptors (Lipinski definition) is 4. The molecule has 0 radical (unpaired) electrons. The van der Waals surface area contributed by atoms with Gasteiger partial charge in [-0.25, -0.2) is 0 Å². The fourth-order valence-electron chi connectivity index (χ4n) is 1.76. The molecule has 1 saturated heterocycles. The normalized spacial score (nSPS) is 17.6. The molecule has 2 rings (SSSR count). The zero-order chi connectivity index (χ0) is 15.0. The molecule has 1 N–H and O–H groups in total. The number of halogens is 2. The molecule has 106 valence electrons. The molecule has 0 bridgehead atoms. The minimum Gasteiger partial charge on any atom is -0.506 e. The first-order valence-corrected chi connectivity index (χ1v) is 8.45. The molecule has 1 heterocycles. The molecule has 2 amide bonds. The third-order valence-electron chi connectivity index (χ3n) is 2.68. The second-order valence-corrected chi connectivity index (χ2v) is 7.54. The molecule has 7 heteroatoms. The molecule has 0 aliphatic carbocycles. The fourth-order valence-corrected chi connectivity index (χ4v) is 4.26. The number of carbonyl (C=O) groups excluding carboxylic acids is 2. The number of thioether (sulfide) groups is 1. The van der Waals surface area contributed by atoms with E-state index < -0.39 is 0 Å². The van der Waals surface area contributed by atoms with Gasteiger partial charge >= 0.3 is 0 Å². The van der Waals surface area contributed by atoms with E-state index in [0.29, 0.717) is 14.0 Å². The summed E-state index contributed by atoms with van der Waals surface area (Å²) in [6, 6.07) is 3.30. The van der Waals surface area contributed by atoms with Gasteiger partial charge in [-0.15, -0.1) is 0 Å². The van der Waals surface area contributed by atoms with Gasteiger partial charge in [-0.05, 0) is 66.4 Å². The van der Waals surface area contributed by atoms with Crippen molar-refractivity contribution < 1.29 is 14.7 Å². The molecule has 0 atom stereocenters. The van der Waals surface area contributed by atoms with E-state index in [1.54, 1.807) is 32.1 Å². The molecule has 1 aliphatic heterocycles. The Morgan fingerprint density at radius 3 is 2.60 bits per heavy atom. The maximum atomic E-state index is 12.2. The highest BCUT2D eigenvalue weighted by Gasteiger charge is 2.36. The minimum atomic E-state index is -0.315. The van der Waals surface area contributed by atoms with Crippen LogP contribution in [0, 0.1) is 3.57 Å². The summed E-state index contributed by atoms with van der Waals surface area (Å²) in [5.74, 6) is -0.213. The number of hydrogen-bond donors (Lipinski definition) is 1. The lowest BCUT2D eigenvalue weighted by molar-refractivity contribution is -0.123. The molecule has 0 unspecified atom stereocenters. The highest BCUT2D eigenvalue weighted by Crippen LogP contribution is 2.36. The molecule has 1 aromatic rings. The molecule has 1 fully saturated rings. The number of rotatable bonds is 2. The molecule has 1 aromatic carbocycles. The fraction of sp³-hybridized carbons (Fsp3) is 0.231. The van der Waals surface area contributed by atoms with E-state index in [1.165, 1.54) is 4.90 Å². The van der Waals surface area contributed by atoms with Gasteiger partial charge in [0.2, 0.25) is 0 Å². The van der Waals surface area contributed by atoms with Gasteiger partial charge in [0.05, 0.1) is 8.48 Å². The van der Waals surface area contributed by atoms with E-state index in [2.05, 4.69) is 15.9 Å². The number of benzene rings is 1. The van der Waals surface area contributed by atoms with Crippen molar-refractivity contribution in [3.63, 3.8) is 0 Å². The number of aromatic hydroxyl groups is 1. The van der Waals surface area contributed by atoms with Crippen molar-refractivity contribution >= 4 is 67.5 Å². The molecule has 0 saturated carbocycles. The molecule has 20 heavy (non-hydrogen) atoms. The SMILES string of the molecule is CC(C)N1C(=O)S/C(=C/c2cc(Br)cc(I)c2O)C1=O. The summed E-state index contributed by atoms with van der Waals surface area (Å²) in [7, 11) is 0. The molecular weight excluding hydrogens is 457 g/mol. The van der Waals surface area contributed by atoms with Crippen LogP contribution in [0.4, 0.5) is 4.79 Å². The second-order valence-electron chi connectivity index (χ2n) is 4.47. The first-order valence-electron chi connectivity index (χ1n) is 5.76. The Kier molecular flexibility index (Phi) is 4.80. The Morgan fingerprint density at radius 1 is 1.40 bits per heavy atom. The van der Waals surface area contributed by atoms with Gasteiger partial charge in [-0.3, -0.25) is 14.5 Å². The predicted molar refractivity (Wildman–Crippen MR) is 91.5 cm³/mol. The molecule has 0 spiro atoms. The van der Waals surface area contributed by atoms with Crippen LogP contribution in [0.15, 0.2) is 21.5 Å². The van der Waals surface area contributed by atoms with Crippen molar-refractivity contribution in [1.29, 1.82) is 0 Å². The lowest BCUT2D eigenvalue weighted by Crippen LogP contribution is -2.34. The third-order valence-corrected chi connectivity index (χ3v) is 4.85. The van der Waals surface area contributed by atoms with Crippen LogP contribution in [-0.2, 0) is 4.79 Å². The Balaban J connectivity index is 2.43. The van der Waals surface area contributed by atoms with Gasteiger partial charge in [0.1, 0.15) is 5.75 Å². The van der Waals surface area contributed by atoms with Crippen molar-refractivity contribution in [1.82, 2.24) is 4.90 Å². The average Bonchev–Trinajstić information content (AvgIpc) is 2.60. The van der Waals surface area contributed by atoms with Crippen LogP contribution in [0.1, 0.15) is 19.4 Å². The number of phenols is 1. The summed E-state index contributed by atoms with van der Waals surface area (Å²) in [5, 5.41) is 9.74. The van der Waals surface area contributed by atoms with E-state index in [-0.39, 0.29) is 22.9 Å². The Labute approximate surface area is 142 Å². The van der Waals surface area contributed by atoms with Gasteiger partial charge in [-0.1, -0.05) is 15.9 Å². The van der Waals surface area contributed by atoms with E-state index in [4.69, 9.17) is 0 Å². The number of carbonyl (C=O) groups is 2. The van der Waals surface area contributed by atoms with Crippen molar-refractivity contribution in [2.75, 3.05) is 0 Å². The predicted octanol–water partition coefficient (Wildman–Crippen LogP) is 4.20.